The minimum atomic E-state index is -0.401. The number of aromatic nitrogens is 2. The fraction of sp³-hybridized carbons (Fsp3) is 0.455. The number of anilines is 1. The highest BCUT2D eigenvalue weighted by molar-refractivity contribution is 6.04. The molecule has 1 unspecified atom stereocenters. The van der Waals surface area contributed by atoms with Gasteiger partial charge >= 0.3 is 6.09 Å². The zero-order valence-corrected chi connectivity index (χ0v) is 24.8. The highest BCUT2D eigenvalue weighted by Gasteiger charge is 2.23. The molecule has 1 aromatic carbocycles. The number of ether oxygens (including phenoxy) is 1. The van der Waals surface area contributed by atoms with Crippen molar-refractivity contribution in [2.75, 3.05) is 51.1 Å². The average molecular weight is 571 g/mol. The summed E-state index contributed by atoms with van der Waals surface area (Å²) in [6.45, 7) is 11.4. The number of hydrogen-bond donors (Lipinski definition) is 1. The Morgan fingerprint density at radius 2 is 1.74 bits per heavy atom. The number of piperazine rings is 1. The van der Waals surface area contributed by atoms with Crippen LogP contribution in [0.25, 0.3) is 0 Å². The summed E-state index contributed by atoms with van der Waals surface area (Å²) in [6.07, 6.45) is 7.56. The fourth-order valence-electron chi connectivity index (χ4n) is 5.61. The van der Waals surface area contributed by atoms with E-state index in [2.05, 4.69) is 44.1 Å². The quantitative estimate of drug-likeness (QED) is 0.386. The van der Waals surface area contributed by atoms with Crippen LogP contribution in [-0.4, -0.2) is 82.5 Å². The first-order valence-electron chi connectivity index (χ1n) is 15.1. The normalized spacial score (nSPS) is 18.0. The van der Waals surface area contributed by atoms with E-state index in [9.17, 15) is 9.59 Å². The topological polar surface area (TPSA) is 90.9 Å². The fourth-order valence-corrected chi connectivity index (χ4v) is 5.61. The van der Waals surface area contributed by atoms with Crippen molar-refractivity contribution in [2.24, 2.45) is 5.92 Å². The molecule has 9 heteroatoms. The Balaban J connectivity index is 1.02. The summed E-state index contributed by atoms with van der Waals surface area (Å²) in [6, 6.07) is 15.3. The molecule has 3 aromatic rings. The molecule has 2 saturated heterocycles. The summed E-state index contributed by atoms with van der Waals surface area (Å²) in [4.78, 5) is 40.7. The first-order chi connectivity index (χ1) is 20.4. The third kappa shape index (κ3) is 8.59. The number of likely N-dealkylation sites (tertiary alicyclic amines) is 1. The van der Waals surface area contributed by atoms with Crippen LogP contribution in [0.2, 0.25) is 0 Å². The lowest BCUT2D eigenvalue weighted by Crippen LogP contribution is -2.49. The van der Waals surface area contributed by atoms with Crippen LogP contribution in [0.4, 0.5) is 10.5 Å². The average Bonchev–Trinajstić information content (AvgIpc) is 3.00. The summed E-state index contributed by atoms with van der Waals surface area (Å²) in [5.74, 6) is 0.751. The van der Waals surface area contributed by atoms with Crippen molar-refractivity contribution < 1.29 is 14.3 Å². The van der Waals surface area contributed by atoms with Gasteiger partial charge in [0.25, 0.3) is 5.91 Å². The molecule has 5 rings (SSSR count). The minimum absolute atomic E-state index is 0.201. The number of piperidine rings is 1. The molecule has 0 radical (unpaired) electrons. The Morgan fingerprint density at radius 3 is 2.43 bits per heavy atom. The number of carbonyl (C=O) groups excluding carboxylic acids is 2. The van der Waals surface area contributed by atoms with Crippen LogP contribution in [0.5, 0.6) is 5.88 Å². The number of aryl methyl sites for hydroxylation is 2. The van der Waals surface area contributed by atoms with E-state index in [1.165, 1.54) is 30.2 Å². The zero-order valence-electron chi connectivity index (χ0n) is 24.8. The molecule has 0 saturated carbocycles. The number of nitrogens with one attached hydrogen (secondary N) is 1. The molecule has 0 aliphatic carbocycles. The number of rotatable bonds is 9. The van der Waals surface area contributed by atoms with E-state index in [1.807, 2.05) is 37.4 Å². The van der Waals surface area contributed by atoms with Crippen LogP contribution in [0.15, 0.2) is 60.9 Å². The molecule has 2 aliphatic heterocycles. The van der Waals surface area contributed by atoms with Crippen molar-refractivity contribution in [3.8, 4) is 5.88 Å². The number of benzene rings is 1. The molecule has 0 spiro atoms. The molecule has 2 amide bonds. The monoisotopic (exact) mass is 570 g/mol. The lowest BCUT2D eigenvalue weighted by atomic mass is 9.99. The number of nitrogens with zero attached hydrogens (tertiary/aromatic N) is 5. The van der Waals surface area contributed by atoms with Crippen LogP contribution in [0, 0.1) is 12.8 Å². The Bertz CT molecular complexity index is 1310. The van der Waals surface area contributed by atoms with Gasteiger partial charge in [-0.1, -0.05) is 25.1 Å². The molecular weight excluding hydrogens is 528 g/mol. The van der Waals surface area contributed by atoms with E-state index in [1.54, 1.807) is 17.0 Å². The van der Waals surface area contributed by atoms with E-state index in [0.29, 0.717) is 24.3 Å². The Morgan fingerprint density at radius 1 is 0.929 bits per heavy atom. The summed E-state index contributed by atoms with van der Waals surface area (Å²) < 4.78 is 5.50. The highest BCUT2D eigenvalue weighted by atomic mass is 16.6. The smallest absolute Gasteiger partial charge is 0.391 e. The SMILES string of the molecule is Cc1ccc(CCCN2CCN(C(=O)Oc3ccc(NC(=O)c4ccc(CN5CCCC(C)C5)cc4)cn3)CC2)nc1. The molecule has 222 valence electrons. The maximum absolute atomic E-state index is 12.8. The van der Waals surface area contributed by atoms with Gasteiger partial charge in [0.15, 0.2) is 0 Å². The second-order valence-electron chi connectivity index (χ2n) is 11.6. The number of amides is 2. The Labute approximate surface area is 248 Å². The van der Waals surface area contributed by atoms with Gasteiger partial charge < -0.3 is 15.0 Å². The molecular formula is C33H42N6O3. The largest absolute Gasteiger partial charge is 0.416 e. The number of carbonyl (C=O) groups is 2. The van der Waals surface area contributed by atoms with Crippen molar-refractivity contribution in [3.05, 3.63) is 83.3 Å². The van der Waals surface area contributed by atoms with Crippen LogP contribution in [0.1, 0.15) is 53.4 Å². The maximum Gasteiger partial charge on any atom is 0.416 e. The first-order valence-corrected chi connectivity index (χ1v) is 15.1. The second-order valence-corrected chi connectivity index (χ2v) is 11.6. The third-order valence-electron chi connectivity index (χ3n) is 8.06. The van der Waals surface area contributed by atoms with Gasteiger partial charge in [0.1, 0.15) is 0 Å². The predicted molar refractivity (Wildman–Crippen MR) is 164 cm³/mol. The molecule has 0 bridgehead atoms. The van der Waals surface area contributed by atoms with E-state index in [4.69, 9.17) is 4.74 Å². The van der Waals surface area contributed by atoms with Gasteiger partial charge in [0.2, 0.25) is 5.88 Å². The minimum Gasteiger partial charge on any atom is -0.391 e. The number of pyridine rings is 2. The zero-order chi connectivity index (χ0) is 29.3. The summed E-state index contributed by atoms with van der Waals surface area (Å²) in [7, 11) is 0. The van der Waals surface area contributed by atoms with Crippen LogP contribution in [0.3, 0.4) is 0 Å². The molecule has 2 fully saturated rings. The van der Waals surface area contributed by atoms with Crippen molar-refractivity contribution in [2.45, 2.75) is 46.1 Å². The Hall–Kier alpha value is -3.82. The molecule has 42 heavy (non-hydrogen) atoms. The van der Waals surface area contributed by atoms with Crippen LogP contribution >= 0.6 is 0 Å². The van der Waals surface area contributed by atoms with Gasteiger partial charge in [-0.05, 0) is 87.0 Å². The van der Waals surface area contributed by atoms with Crippen LogP contribution in [-0.2, 0) is 13.0 Å². The summed E-state index contributed by atoms with van der Waals surface area (Å²) in [5, 5.41) is 2.87. The Kier molecular flexibility index (Phi) is 10.2. The van der Waals surface area contributed by atoms with E-state index < -0.39 is 6.09 Å². The highest BCUT2D eigenvalue weighted by Crippen LogP contribution is 2.19. The van der Waals surface area contributed by atoms with Gasteiger partial charge in [0.05, 0.1) is 11.9 Å². The van der Waals surface area contributed by atoms with Crippen molar-refractivity contribution >= 4 is 17.7 Å². The lowest BCUT2D eigenvalue weighted by molar-refractivity contribution is 0.102. The van der Waals surface area contributed by atoms with Gasteiger partial charge in [-0.2, -0.15) is 0 Å². The molecule has 4 heterocycles. The van der Waals surface area contributed by atoms with Crippen molar-refractivity contribution in [3.63, 3.8) is 0 Å². The number of hydrogen-bond acceptors (Lipinski definition) is 7. The lowest BCUT2D eigenvalue weighted by Gasteiger charge is -2.33. The van der Waals surface area contributed by atoms with E-state index in [0.717, 1.165) is 63.7 Å². The maximum atomic E-state index is 12.8. The standard InChI is InChI=1S/C33H42N6O3/c1-25-7-12-29(34-21-25)6-4-15-37-17-19-39(20-18-37)33(41)42-31-14-13-30(22-35-31)36-32(40)28-10-8-27(9-11-28)24-38-16-3-5-26(2)23-38/h7-14,21-22,26H,3-6,15-20,23-24H2,1-2H3,(H,36,40). The van der Waals surface area contributed by atoms with Gasteiger partial charge in [0, 0.05) is 62.8 Å². The molecule has 2 aliphatic rings. The third-order valence-corrected chi connectivity index (χ3v) is 8.06. The summed E-state index contributed by atoms with van der Waals surface area (Å²) in [5.41, 5.74) is 4.64. The van der Waals surface area contributed by atoms with Gasteiger partial charge in [-0.25, -0.2) is 9.78 Å². The van der Waals surface area contributed by atoms with Crippen molar-refractivity contribution in [1.29, 1.82) is 0 Å². The molecule has 9 nitrogen and oxygen atoms in total. The predicted octanol–water partition coefficient (Wildman–Crippen LogP) is 5.02. The van der Waals surface area contributed by atoms with Gasteiger partial charge in [-0.15, -0.1) is 0 Å². The van der Waals surface area contributed by atoms with Crippen molar-refractivity contribution in [1.82, 2.24) is 24.7 Å². The summed E-state index contributed by atoms with van der Waals surface area (Å²) >= 11 is 0. The van der Waals surface area contributed by atoms with E-state index in [-0.39, 0.29) is 11.8 Å². The molecule has 1 N–H and O–H groups in total. The van der Waals surface area contributed by atoms with Gasteiger partial charge in [-0.3, -0.25) is 19.6 Å². The second kappa shape index (κ2) is 14.4. The van der Waals surface area contributed by atoms with E-state index >= 15 is 0 Å². The van der Waals surface area contributed by atoms with Crippen LogP contribution < -0.4 is 10.1 Å². The molecule has 2 aromatic heterocycles. The molecule has 1 atom stereocenters. The first kappa shape index (κ1) is 29.7.